The number of benzene rings is 3. The average Bonchev–Trinajstić information content (AvgIpc) is 3.21. The largest absolute Gasteiger partial charge is 0.325 e. The van der Waals surface area contributed by atoms with E-state index in [9.17, 15) is 9.18 Å². The molecule has 0 saturated heterocycles. The number of rotatable bonds is 4. The monoisotopic (exact) mass is 471 g/mol. The van der Waals surface area contributed by atoms with E-state index in [1.54, 1.807) is 12.1 Å². The van der Waals surface area contributed by atoms with Gasteiger partial charge in [0.15, 0.2) is 0 Å². The molecule has 0 bridgehead atoms. The van der Waals surface area contributed by atoms with Gasteiger partial charge in [-0.15, -0.1) is 11.8 Å². The third-order valence-electron chi connectivity index (χ3n) is 6.34. The summed E-state index contributed by atoms with van der Waals surface area (Å²) in [7, 11) is 0. The molecule has 0 saturated carbocycles. The smallest absolute Gasteiger partial charge is 0.234 e. The van der Waals surface area contributed by atoms with Crippen molar-refractivity contribution < 1.29 is 9.18 Å². The van der Waals surface area contributed by atoms with Gasteiger partial charge in [0.2, 0.25) is 5.91 Å². The fourth-order valence-electron chi connectivity index (χ4n) is 4.35. The maximum atomic E-state index is 13.5. The Bertz CT molecular complexity index is 1330. The molecule has 1 aliphatic carbocycles. The minimum atomic E-state index is -0.281. The average molecular weight is 472 g/mol. The molecule has 0 aromatic heterocycles. The van der Waals surface area contributed by atoms with Crippen LogP contribution in [0.4, 0.5) is 21.5 Å². The predicted molar refractivity (Wildman–Crippen MR) is 140 cm³/mol. The number of amides is 1. The third-order valence-corrected chi connectivity index (χ3v) is 7.32. The van der Waals surface area contributed by atoms with E-state index in [0.29, 0.717) is 6.42 Å². The fourth-order valence-corrected chi connectivity index (χ4v) is 5.13. The first-order valence-corrected chi connectivity index (χ1v) is 12.5. The number of halogens is 1. The summed E-state index contributed by atoms with van der Waals surface area (Å²) in [4.78, 5) is 22.5. The van der Waals surface area contributed by atoms with Crippen molar-refractivity contribution in [2.45, 2.75) is 39.5 Å². The van der Waals surface area contributed by atoms with Gasteiger partial charge in [0.1, 0.15) is 5.82 Å². The summed E-state index contributed by atoms with van der Waals surface area (Å²) in [5.74, 6) is -0.0842. The highest BCUT2D eigenvalue weighted by Crippen LogP contribution is 2.36. The first-order valence-electron chi connectivity index (χ1n) is 11.5. The lowest BCUT2D eigenvalue weighted by Crippen LogP contribution is -2.16. The number of fused-ring (bicyclic) bond motifs is 2. The summed E-state index contributed by atoms with van der Waals surface area (Å²) in [5, 5.41) is 3.84. The molecule has 1 amide bonds. The Balaban J connectivity index is 1.36. The van der Waals surface area contributed by atoms with Crippen LogP contribution in [-0.4, -0.2) is 22.4 Å². The van der Waals surface area contributed by atoms with E-state index in [1.807, 2.05) is 18.2 Å². The minimum absolute atomic E-state index is 0.0597. The molecule has 0 unspecified atom stereocenters. The summed E-state index contributed by atoms with van der Waals surface area (Å²) in [6, 6.07) is 16.6. The number of nitrogens with zero attached hydrogens (tertiary/aromatic N) is 2. The van der Waals surface area contributed by atoms with Gasteiger partial charge in [0, 0.05) is 12.1 Å². The summed E-state index contributed by atoms with van der Waals surface area (Å²) in [5.41, 5.74) is 9.10. The van der Waals surface area contributed by atoms with Gasteiger partial charge in [-0.3, -0.25) is 9.79 Å². The van der Waals surface area contributed by atoms with Gasteiger partial charge in [-0.25, -0.2) is 9.38 Å². The molecule has 3 aromatic rings. The van der Waals surface area contributed by atoms with Crippen molar-refractivity contribution in [2.75, 3.05) is 11.1 Å². The van der Waals surface area contributed by atoms with E-state index in [0.717, 1.165) is 57.3 Å². The van der Waals surface area contributed by atoms with Crippen LogP contribution >= 0.6 is 11.8 Å². The predicted octanol–water partition coefficient (Wildman–Crippen LogP) is 6.86. The maximum Gasteiger partial charge on any atom is 0.234 e. The molecule has 2 aliphatic rings. The fraction of sp³-hybridized carbons (Fsp3) is 0.250. The molecule has 0 atom stereocenters. The molecule has 0 fully saturated rings. The van der Waals surface area contributed by atoms with Crippen molar-refractivity contribution in [3.05, 3.63) is 88.2 Å². The number of hydrogen-bond acceptors (Lipinski definition) is 4. The summed E-state index contributed by atoms with van der Waals surface area (Å²) in [6.45, 7) is 4.10. The zero-order valence-electron chi connectivity index (χ0n) is 19.3. The zero-order valence-corrected chi connectivity index (χ0v) is 20.1. The Labute approximate surface area is 203 Å². The van der Waals surface area contributed by atoms with E-state index in [2.05, 4.69) is 31.3 Å². The molecule has 34 heavy (non-hydrogen) atoms. The minimum Gasteiger partial charge on any atom is -0.325 e. The van der Waals surface area contributed by atoms with E-state index >= 15 is 0 Å². The van der Waals surface area contributed by atoms with Gasteiger partial charge < -0.3 is 5.32 Å². The number of aliphatic imine (C=N–C) groups is 2. The lowest BCUT2D eigenvalue weighted by molar-refractivity contribution is -0.113. The van der Waals surface area contributed by atoms with Crippen LogP contribution in [0.5, 0.6) is 0 Å². The lowest BCUT2D eigenvalue weighted by Gasteiger charge is -2.09. The second-order valence-electron chi connectivity index (χ2n) is 8.85. The topological polar surface area (TPSA) is 53.8 Å². The molecule has 6 heteroatoms. The van der Waals surface area contributed by atoms with Crippen LogP contribution in [0, 0.1) is 19.7 Å². The van der Waals surface area contributed by atoms with Gasteiger partial charge in [0.05, 0.1) is 27.9 Å². The molecule has 0 spiro atoms. The molecule has 4 nitrogen and oxygen atoms in total. The van der Waals surface area contributed by atoms with Gasteiger partial charge in [-0.2, -0.15) is 0 Å². The normalized spacial score (nSPS) is 14.6. The second-order valence-corrected chi connectivity index (χ2v) is 9.90. The van der Waals surface area contributed by atoms with E-state index in [4.69, 9.17) is 9.98 Å². The van der Waals surface area contributed by atoms with Crippen LogP contribution in [-0.2, 0) is 17.6 Å². The van der Waals surface area contributed by atoms with Crippen molar-refractivity contribution >= 4 is 45.5 Å². The highest BCUT2D eigenvalue weighted by Gasteiger charge is 2.18. The third kappa shape index (κ3) is 4.97. The Morgan fingerprint density at radius 3 is 2.41 bits per heavy atom. The van der Waals surface area contributed by atoms with Crippen molar-refractivity contribution in [1.82, 2.24) is 0 Å². The molecule has 172 valence electrons. The van der Waals surface area contributed by atoms with Gasteiger partial charge in [0.25, 0.3) is 0 Å². The van der Waals surface area contributed by atoms with E-state index in [1.165, 1.54) is 41.4 Å². The zero-order chi connectivity index (χ0) is 23.7. The van der Waals surface area contributed by atoms with Gasteiger partial charge >= 0.3 is 0 Å². The standard InChI is InChI=1S/C28H26FN3OS/c1-17-12-25-26(13-18(17)2)32-28(15-24(31-25)20-6-9-22(29)10-7-20)34-16-27(33)30-23-11-8-19-4-3-5-21(19)14-23/h6-14H,3-5,15-16H2,1-2H3,(H,30,33). The molecular weight excluding hydrogens is 445 g/mol. The summed E-state index contributed by atoms with van der Waals surface area (Å²) < 4.78 is 13.5. The van der Waals surface area contributed by atoms with Crippen molar-refractivity contribution in [1.29, 1.82) is 0 Å². The molecular formula is C28H26FN3OS. The second kappa shape index (κ2) is 9.55. The Kier molecular flexibility index (Phi) is 6.33. The quantitative estimate of drug-likeness (QED) is 0.452. The van der Waals surface area contributed by atoms with Gasteiger partial charge in [-0.05, 0) is 97.3 Å². The van der Waals surface area contributed by atoms with Gasteiger partial charge in [-0.1, -0.05) is 18.2 Å². The number of aryl methyl sites for hydroxylation is 4. The van der Waals surface area contributed by atoms with Crippen LogP contribution in [0.2, 0.25) is 0 Å². The van der Waals surface area contributed by atoms with E-state index in [-0.39, 0.29) is 17.5 Å². The number of hydrogen-bond donors (Lipinski definition) is 1. The molecule has 5 rings (SSSR count). The number of carbonyl (C=O) groups is 1. The molecule has 3 aromatic carbocycles. The molecule has 1 heterocycles. The number of thioether (sulfide) groups is 1. The molecule has 0 radical (unpaired) electrons. The molecule has 1 aliphatic heterocycles. The van der Waals surface area contributed by atoms with Crippen molar-refractivity contribution in [2.24, 2.45) is 9.98 Å². The van der Waals surface area contributed by atoms with Crippen LogP contribution in [0.3, 0.4) is 0 Å². The highest BCUT2D eigenvalue weighted by molar-refractivity contribution is 8.14. The lowest BCUT2D eigenvalue weighted by atomic mass is 10.1. The van der Waals surface area contributed by atoms with Crippen molar-refractivity contribution in [3.63, 3.8) is 0 Å². The first-order chi connectivity index (χ1) is 16.4. The van der Waals surface area contributed by atoms with Crippen LogP contribution < -0.4 is 5.32 Å². The highest BCUT2D eigenvalue weighted by atomic mass is 32.2. The Hall–Kier alpha value is -3.25. The summed E-state index contributed by atoms with van der Waals surface area (Å²) >= 11 is 1.42. The summed E-state index contributed by atoms with van der Waals surface area (Å²) in [6.07, 6.45) is 3.86. The Morgan fingerprint density at radius 1 is 0.941 bits per heavy atom. The van der Waals surface area contributed by atoms with Crippen molar-refractivity contribution in [3.8, 4) is 0 Å². The number of carbonyl (C=O) groups excluding carboxylic acids is 1. The van der Waals surface area contributed by atoms with Crippen LogP contribution in [0.25, 0.3) is 0 Å². The number of nitrogens with one attached hydrogen (secondary N) is 1. The maximum absolute atomic E-state index is 13.5. The van der Waals surface area contributed by atoms with E-state index < -0.39 is 0 Å². The molecule has 1 N–H and O–H groups in total. The van der Waals surface area contributed by atoms with Crippen LogP contribution in [0.15, 0.2) is 64.6 Å². The SMILES string of the molecule is Cc1cc2c(cc1C)N=C(c1ccc(F)cc1)CC(SCC(=O)Nc1ccc3c(c1)CCC3)=N2. The first kappa shape index (κ1) is 22.5. The number of anilines is 1. The van der Waals surface area contributed by atoms with Crippen LogP contribution in [0.1, 0.15) is 40.7 Å². The Morgan fingerprint density at radius 2 is 1.65 bits per heavy atom.